The van der Waals surface area contributed by atoms with Crippen LogP contribution in [0.2, 0.25) is 0 Å². The lowest BCUT2D eigenvalue weighted by Crippen LogP contribution is -2.38. The monoisotopic (exact) mass is 250 g/mol. The van der Waals surface area contributed by atoms with Gasteiger partial charge in [-0.3, -0.25) is 9.59 Å². The van der Waals surface area contributed by atoms with Crippen LogP contribution in [0.15, 0.2) is 24.3 Å². The fourth-order valence-corrected chi connectivity index (χ4v) is 1.56. The summed E-state index contributed by atoms with van der Waals surface area (Å²) in [6.07, 6.45) is 0.724. The molecule has 18 heavy (non-hydrogen) atoms. The largest absolute Gasteiger partial charge is 0.480 e. The summed E-state index contributed by atoms with van der Waals surface area (Å²) in [6, 6.07) is 6.31. The molecule has 0 saturated heterocycles. The number of hydrogen-bond acceptors (Lipinski definition) is 3. The van der Waals surface area contributed by atoms with Crippen molar-refractivity contribution in [2.45, 2.75) is 19.4 Å². The van der Waals surface area contributed by atoms with E-state index in [9.17, 15) is 9.59 Å². The molecule has 1 aromatic rings. The predicted octanol–water partition coefficient (Wildman–Crippen LogP) is 0.651. The zero-order valence-electron chi connectivity index (χ0n) is 10.6. The summed E-state index contributed by atoms with van der Waals surface area (Å²) in [7, 11) is 1.84. The Balaban J connectivity index is 2.81. The van der Waals surface area contributed by atoms with Gasteiger partial charge < -0.3 is 15.7 Å². The van der Waals surface area contributed by atoms with E-state index in [2.05, 4.69) is 10.6 Å². The molecular formula is C13H18N2O3. The zero-order chi connectivity index (χ0) is 13.5. The van der Waals surface area contributed by atoms with Gasteiger partial charge in [-0.15, -0.1) is 0 Å². The van der Waals surface area contributed by atoms with Crippen LogP contribution in [0.4, 0.5) is 0 Å². The molecule has 3 N–H and O–H groups in total. The van der Waals surface area contributed by atoms with Gasteiger partial charge in [-0.25, -0.2) is 0 Å². The highest BCUT2D eigenvalue weighted by Gasteiger charge is 2.17. The van der Waals surface area contributed by atoms with Crippen LogP contribution in [-0.4, -0.2) is 36.6 Å². The summed E-state index contributed by atoms with van der Waals surface area (Å²) in [4.78, 5) is 22.6. The van der Waals surface area contributed by atoms with E-state index < -0.39 is 12.0 Å². The van der Waals surface area contributed by atoms with Gasteiger partial charge >= 0.3 is 5.97 Å². The Labute approximate surface area is 106 Å². The van der Waals surface area contributed by atoms with Crippen LogP contribution < -0.4 is 10.6 Å². The molecule has 0 heterocycles. The van der Waals surface area contributed by atoms with Crippen LogP contribution in [0.25, 0.3) is 0 Å². The van der Waals surface area contributed by atoms with Crippen molar-refractivity contribution in [2.75, 3.05) is 13.6 Å². The van der Waals surface area contributed by atoms with Crippen LogP contribution >= 0.6 is 0 Å². The average Bonchev–Trinajstić information content (AvgIpc) is 2.36. The normalized spacial score (nSPS) is 11.9. The average molecular weight is 250 g/mol. The van der Waals surface area contributed by atoms with E-state index in [-0.39, 0.29) is 5.91 Å². The van der Waals surface area contributed by atoms with Gasteiger partial charge in [0.05, 0.1) is 0 Å². The third-order valence-corrected chi connectivity index (χ3v) is 2.62. The summed E-state index contributed by atoms with van der Waals surface area (Å²) in [5, 5.41) is 14.2. The third kappa shape index (κ3) is 3.85. The van der Waals surface area contributed by atoms with Crippen molar-refractivity contribution in [3.63, 3.8) is 0 Å². The van der Waals surface area contributed by atoms with Crippen LogP contribution in [0.1, 0.15) is 22.8 Å². The number of nitrogens with one attached hydrogen (secondary N) is 2. The second kappa shape index (κ2) is 6.76. The first kappa shape index (κ1) is 14.2. The summed E-state index contributed by atoms with van der Waals surface area (Å²) in [5.41, 5.74) is 1.43. The highest BCUT2D eigenvalue weighted by Crippen LogP contribution is 2.09. The fraction of sp³-hybridized carbons (Fsp3) is 0.385. The van der Waals surface area contributed by atoms with Crippen molar-refractivity contribution < 1.29 is 14.7 Å². The number of carbonyl (C=O) groups is 2. The lowest BCUT2D eigenvalue weighted by molar-refractivity contribution is -0.138. The quantitative estimate of drug-likeness (QED) is 0.692. The summed E-state index contributed by atoms with van der Waals surface area (Å²) in [5.74, 6) is -1.40. The van der Waals surface area contributed by atoms with Gasteiger partial charge in [0.15, 0.2) is 0 Å². The van der Waals surface area contributed by atoms with Crippen LogP contribution in [0.3, 0.4) is 0 Å². The summed E-state index contributed by atoms with van der Waals surface area (Å²) in [6.45, 7) is 2.20. The van der Waals surface area contributed by atoms with Crippen LogP contribution in [-0.2, 0) is 11.2 Å². The molecule has 1 amide bonds. The van der Waals surface area contributed by atoms with E-state index in [4.69, 9.17) is 5.11 Å². The number of carboxylic acid groups (broad SMARTS) is 1. The minimum atomic E-state index is -1.05. The Morgan fingerprint density at radius 2 is 2.00 bits per heavy atom. The summed E-state index contributed by atoms with van der Waals surface area (Å²) < 4.78 is 0. The molecular weight excluding hydrogens is 232 g/mol. The first-order valence-corrected chi connectivity index (χ1v) is 5.82. The molecule has 1 atom stereocenters. The maximum absolute atomic E-state index is 11.9. The first-order chi connectivity index (χ1) is 8.56. The van der Waals surface area contributed by atoms with E-state index in [1.165, 1.54) is 6.92 Å². The number of likely N-dealkylation sites (N-methyl/N-ethyl adjacent to an activating group) is 1. The van der Waals surface area contributed by atoms with E-state index in [1.807, 2.05) is 19.2 Å². The molecule has 1 rings (SSSR count). The molecule has 0 aliphatic rings. The Hall–Kier alpha value is -1.88. The maximum atomic E-state index is 11.9. The smallest absolute Gasteiger partial charge is 0.325 e. The highest BCUT2D eigenvalue weighted by molar-refractivity contribution is 5.97. The Morgan fingerprint density at radius 3 is 2.61 bits per heavy atom. The lowest BCUT2D eigenvalue weighted by Gasteiger charge is -2.12. The van der Waals surface area contributed by atoms with Crippen LogP contribution in [0.5, 0.6) is 0 Å². The Morgan fingerprint density at radius 1 is 1.33 bits per heavy atom. The molecule has 98 valence electrons. The second-order valence-corrected chi connectivity index (χ2v) is 4.04. The molecule has 5 nitrogen and oxygen atoms in total. The number of amides is 1. The zero-order valence-corrected chi connectivity index (χ0v) is 10.6. The molecule has 0 bridgehead atoms. The molecule has 1 unspecified atom stereocenters. The number of carboxylic acids is 1. The van der Waals surface area contributed by atoms with Crippen molar-refractivity contribution >= 4 is 11.9 Å². The maximum Gasteiger partial charge on any atom is 0.325 e. The van der Waals surface area contributed by atoms with E-state index in [0.29, 0.717) is 5.56 Å². The SMILES string of the molecule is CNCCc1ccccc1C(=O)NC(C)C(=O)O. The third-order valence-electron chi connectivity index (χ3n) is 2.62. The molecule has 0 radical (unpaired) electrons. The fourth-order valence-electron chi connectivity index (χ4n) is 1.56. The number of rotatable bonds is 6. The Kier molecular flexibility index (Phi) is 5.32. The molecule has 5 heteroatoms. The number of carbonyl (C=O) groups excluding carboxylic acids is 1. The molecule has 0 saturated carbocycles. The molecule has 0 aromatic heterocycles. The molecule has 0 aliphatic heterocycles. The van der Waals surface area contributed by atoms with Crippen LogP contribution in [0, 0.1) is 0 Å². The highest BCUT2D eigenvalue weighted by atomic mass is 16.4. The van der Waals surface area contributed by atoms with Crippen molar-refractivity contribution in [3.8, 4) is 0 Å². The molecule has 0 aliphatic carbocycles. The minimum Gasteiger partial charge on any atom is -0.480 e. The second-order valence-electron chi connectivity index (χ2n) is 4.04. The molecule has 0 fully saturated rings. The first-order valence-electron chi connectivity index (χ1n) is 5.82. The Bertz CT molecular complexity index is 432. The summed E-state index contributed by atoms with van der Waals surface area (Å²) >= 11 is 0. The number of aliphatic carboxylic acids is 1. The number of hydrogen-bond donors (Lipinski definition) is 3. The van der Waals surface area contributed by atoms with E-state index >= 15 is 0 Å². The predicted molar refractivity (Wildman–Crippen MR) is 68.6 cm³/mol. The van der Waals surface area contributed by atoms with Crippen molar-refractivity contribution in [1.29, 1.82) is 0 Å². The van der Waals surface area contributed by atoms with Crippen molar-refractivity contribution in [1.82, 2.24) is 10.6 Å². The van der Waals surface area contributed by atoms with Gasteiger partial charge in [0.25, 0.3) is 5.91 Å². The van der Waals surface area contributed by atoms with Crippen molar-refractivity contribution in [3.05, 3.63) is 35.4 Å². The van der Waals surface area contributed by atoms with E-state index in [1.54, 1.807) is 12.1 Å². The van der Waals surface area contributed by atoms with Gasteiger partial charge in [-0.1, -0.05) is 18.2 Å². The molecule has 1 aromatic carbocycles. The van der Waals surface area contributed by atoms with E-state index in [0.717, 1.165) is 18.5 Å². The standard InChI is InChI=1S/C13H18N2O3/c1-9(13(17)18)15-12(16)11-6-4-3-5-10(11)7-8-14-2/h3-6,9,14H,7-8H2,1-2H3,(H,15,16)(H,17,18). The van der Waals surface area contributed by atoms with Gasteiger partial charge in [-0.05, 0) is 38.6 Å². The van der Waals surface area contributed by atoms with Gasteiger partial charge in [0.1, 0.15) is 6.04 Å². The topological polar surface area (TPSA) is 78.4 Å². The van der Waals surface area contributed by atoms with Gasteiger partial charge in [0, 0.05) is 5.56 Å². The minimum absolute atomic E-state index is 0.350. The lowest BCUT2D eigenvalue weighted by atomic mass is 10.0. The van der Waals surface area contributed by atoms with Gasteiger partial charge in [0.2, 0.25) is 0 Å². The molecule has 0 spiro atoms. The number of benzene rings is 1. The van der Waals surface area contributed by atoms with Gasteiger partial charge in [-0.2, -0.15) is 0 Å². The van der Waals surface area contributed by atoms with Crippen molar-refractivity contribution in [2.24, 2.45) is 0 Å².